The zero-order valence-electron chi connectivity index (χ0n) is 9.28. The summed E-state index contributed by atoms with van der Waals surface area (Å²) in [5.74, 6) is 0.0252. The number of carbonyl (C=O) groups excluding carboxylic acids is 1. The first kappa shape index (κ1) is 10.8. The predicted octanol–water partition coefficient (Wildman–Crippen LogP) is 1.48. The Hall–Kier alpha value is -1.71. The second kappa shape index (κ2) is 4.43. The summed E-state index contributed by atoms with van der Waals surface area (Å²) >= 11 is 0. The molecule has 86 valence electrons. The molecular formula is C12H17N3O. The van der Waals surface area contributed by atoms with Crippen LogP contribution in [-0.4, -0.2) is 23.9 Å². The summed E-state index contributed by atoms with van der Waals surface area (Å²) in [5, 5.41) is 0. The van der Waals surface area contributed by atoms with Crippen molar-refractivity contribution in [2.45, 2.75) is 19.3 Å². The highest BCUT2D eigenvalue weighted by atomic mass is 16.2. The van der Waals surface area contributed by atoms with E-state index in [2.05, 4.69) is 0 Å². The van der Waals surface area contributed by atoms with Crippen LogP contribution in [0.2, 0.25) is 0 Å². The number of carbonyl (C=O) groups is 1. The average molecular weight is 219 g/mol. The van der Waals surface area contributed by atoms with Gasteiger partial charge in [0.05, 0.1) is 5.56 Å². The summed E-state index contributed by atoms with van der Waals surface area (Å²) in [6.07, 6.45) is 3.38. The maximum absolute atomic E-state index is 12.1. The van der Waals surface area contributed by atoms with Crippen LogP contribution in [-0.2, 0) is 0 Å². The van der Waals surface area contributed by atoms with Crippen LogP contribution in [0.4, 0.5) is 11.4 Å². The molecule has 1 fully saturated rings. The quantitative estimate of drug-likeness (QED) is 0.703. The van der Waals surface area contributed by atoms with Gasteiger partial charge in [-0.3, -0.25) is 4.79 Å². The van der Waals surface area contributed by atoms with Crippen molar-refractivity contribution in [2.75, 3.05) is 24.6 Å². The molecule has 0 saturated carbocycles. The molecule has 4 heteroatoms. The first-order chi connectivity index (χ1) is 7.68. The number of nitrogens with two attached hydrogens (primary N) is 2. The van der Waals surface area contributed by atoms with E-state index in [0.29, 0.717) is 16.9 Å². The minimum absolute atomic E-state index is 0.0252. The van der Waals surface area contributed by atoms with Gasteiger partial charge in [-0.2, -0.15) is 0 Å². The lowest BCUT2D eigenvalue weighted by atomic mass is 10.1. The van der Waals surface area contributed by atoms with E-state index in [0.717, 1.165) is 25.9 Å². The molecule has 4 N–H and O–H groups in total. The van der Waals surface area contributed by atoms with E-state index in [-0.39, 0.29) is 5.91 Å². The SMILES string of the molecule is Nc1ccc(C(=O)N2CCCCC2)c(N)c1. The first-order valence-electron chi connectivity index (χ1n) is 5.63. The Morgan fingerprint density at radius 2 is 1.81 bits per heavy atom. The lowest BCUT2D eigenvalue weighted by molar-refractivity contribution is 0.0725. The summed E-state index contributed by atoms with van der Waals surface area (Å²) in [4.78, 5) is 14.0. The van der Waals surface area contributed by atoms with Gasteiger partial charge in [0.15, 0.2) is 0 Å². The highest BCUT2D eigenvalue weighted by Crippen LogP contribution is 2.19. The summed E-state index contributed by atoms with van der Waals surface area (Å²) < 4.78 is 0. The second-order valence-electron chi connectivity index (χ2n) is 4.20. The van der Waals surface area contributed by atoms with Crippen LogP contribution in [0.3, 0.4) is 0 Å². The van der Waals surface area contributed by atoms with E-state index in [4.69, 9.17) is 11.5 Å². The highest BCUT2D eigenvalue weighted by Gasteiger charge is 2.19. The average Bonchev–Trinajstić information content (AvgIpc) is 2.29. The molecule has 0 atom stereocenters. The fourth-order valence-corrected chi connectivity index (χ4v) is 2.04. The molecule has 16 heavy (non-hydrogen) atoms. The fraction of sp³-hybridized carbons (Fsp3) is 0.417. The van der Waals surface area contributed by atoms with Gasteiger partial charge in [-0.05, 0) is 37.5 Å². The van der Waals surface area contributed by atoms with Crippen molar-refractivity contribution in [3.63, 3.8) is 0 Å². The monoisotopic (exact) mass is 219 g/mol. The molecule has 1 heterocycles. The molecule has 0 spiro atoms. The number of amides is 1. The molecule has 1 aromatic carbocycles. The summed E-state index contributed by atoms with van der Waals surface area (Å²) in [7, 11) is 0. The maximum atomic E-state index is 12.1. The minimum atomic E-state index is 0.0252. The van der Waals surface area contributed by atoms with E-state index < -0.39 is 0 Å². The van der Waals surface area contributed by atoms with Gasteiger partial charge in [-0.25, -0.2) is 0 Å². The van der Waals surface area contributed by atoms with Crippen molar-refractivity contribution in [1.29, 1.82) is 0 Å². The third-order valence-electron chi connectivity index (χ3n) is 2.95. The smallest absolute Gasteiger partial charge is 0.255 e. The number of piperidine rings is 1. The zero-order chi connectivity index (χ0) is 11.5. The molecule has 1 amide bonds. The molecule has 2 rings (SSSR count). The van der Waals surface area contributed by atoms with Gasteiger partial charge in [0.25, 0.3) is 5.91 Å². The van der Waals surface area contributed by atoms with Gasteiger partial charge >= 0.3 is 0 Å². The lowest BCUT2D eigenvalue weighted by Gasteiger charge is -2.27. The largest absolute Gasteiger partial charge is 0.399 e. The van der Waals surface area contributed by atoms with Crippen LogP contribution in [0.15, 0.2) is 18.2 Å². The molecular weight excluding hydrogens is 202 g/mol. The van der Waals surface area contributed by atoms with Crippen LogP contribution in [0.25, 0.3) is 0 Å². The topological polar surface area (TPSA) is 72.4 Å². The number of anilines is 2. The Kier molecular flexibility index (Phi) is 2.99. The Morgan fingerprint density at radius 3 is 2.44 bits per heavy atom. The second-order valence-corrected chi connectivity index (χ2v) is 4.20. The van der Waals surface area contributed by atoms with Gasteiger partial charge in [0.1, 0.15) is 0 Å². The van der Waals surface area contributed by atoms with E-state index in [9.17, 15) is 4.79 Å². The van der Waals surface area contributed by atoms with Crippen LogP contribution < -0.4 is 11.5 Å². The molecule has 0 bridgehead atoms. The van der Waals surface area contributed by atoms with Crippen molar-refractivity contribution in [3.8, 4) is 0 Å². The predicted molar refractivity (Wildman–Crippen MR) is 65.0 cm³/mol. The van der Waals surface area contributed by atoms with Crippen molar-refractivity contribution in [3.05, 3.63) is 23.8 Å². The molecule has 0 unspecified atom stereocenters. The molecule has 0 radical (unpaired) electrons. The normalized spacial score (nSPS) is 16.1. The van der Waals surface area contributed by atoms with E-state index in [1.807, 2.05) is 4.90 Å². The number of benzene rings is 1. The molecule has 4 nitrogen and oxygen atoms in total. The van der Waals surface area contributed by atoms with Crippen molar-refractivity contribution in [1.82, 2.24) is 4.90 Å². The number of hydrogen-bond acceptors (Lipinski definition) is 3. The lowest BCUT2D eigenvalue weighted by Crippen LogP contribution is -2.35. The molecule has 1 aromatic rings. The van der Waals surface area contributed by atoms with Gasteiger partial charge < -0.3 is 16.4 Å². The van der Waals surface area contributed by atoms with Crippen molar-refractivity contribution in [2.24, 2.45) is 0 Å². The van der Waals surface area contributed by atoms with Crippen molar-refractivity contribution < 1.29 is 4.79 Å². The fourth-order valence-electron chi connectivity index (χ4n) is 2.04. The Balaban J connectivity index is 2.19. The van der Waals surface area contributed by atoms with Gasteiger partial charge in [-0.1, -0.05) is 0 Å². The molecule has 1 saturated heterocycles. The van der Waals surface area contributed by atoms with E-state index in [1.54, 1.807) is 18.2 Å². The van der Waals surface area contributed by atoms with Gasteiger partial charge in [0, 0.05) is 24.5 Å². The minimum Gasteiger partial charge on any atom is -0.399 e. The number of likely N-dealkylation sites (tertiary alicyclic amines) is 1. The first-order valence-corrected chi connectivity index (χ1v) is 5.63. The summed E-state index contributed by atoms with van der Waals surface area (Å²) in [6, 6.07) is 5.06. The number of nitrogens with zero attached hydrogens (tertiary/aromatic N) is 1. The van der Waals surface area contributed by atoms with E-state index >= 15 is 0 Å². The van der Waals surface area contributed by atoms with E-state index in [1.165, 1.54) is 6.42 Å². The maximum Gasteiger partial charge on any atom is 0.255 e. The summed E-state index contributed by atoms with van der Waals surface area (Å²) in [6.45, 7) is 1.67. The van der Waals surface area contributed by atoms with Crippen LogP contribution >= 0.6 is 0 Å². The Labute approximate surface area is 95.2 Å². The molecule has 0 aliphatic carbocycles. The Bertz CT molecular complexity index is 397. The van der Waals surface area contributed by atoms with Crippen LogP contribution in [0.1, 0.15) is 29.6 Å². The standard InChI is InChI=1S/C12H17N3O/c13-9-4-5-10(11(14)8-9)12(16)15-6-2-1-3-7-15/h4-5,8H,1-3,6-7,13-14H2. The molecule has 0 aromatic heterocycles. The van der Waals surface area contributed by atoms with Crippen LogP contribution in [0.5, 0.6) is 0 Å². The number of nitrogen functional groups attached to an aromatic ring is 2. The van der Waals surface area contributed by atoms with Gasteiger partial charge in [0.2, 0.25) is 0 Å². The molecule has 1 aliphatic rings. The zero-order valence-corrected chi connectivity index (χ0v) is 9.28. The third-order valence-corrected chi connectivity index (χ3v) is 2.95. The third kappa shape index (κ3) is 2.10. The van der Waals surface area contributed by atoms with Crippen LogP contribution in [0, 0.1) is 0 Å². The highest BCUT2D eigenvalue weighted by molar-refractivity contribution is 5.99. The number of hydrogen-bond donors (Lipinski definition) is 2. The van der Waals surface area contributed by atoms with Gasteiger partial charge in [-0.15, -0.1) is 0 Å². The number of rotatable bonds is 1. The Morgan fingerprint density at radius 1 is 1.12 bits per heavy atom. The van der Waals surface area contributed by atoms with Crippen molar-refractivity contribution >= 4 is 17.3 Å². The summed E-state index contributed by atoms with van der Waals surface area (Å²) in [5.41, 5.74) is 13.0. The molecule has 1 aliphatic heterocycles.